The van der Waals surface area contributed by atoms with Crippen molar-refractivity contribution >= 4 is 5.91 Å². The van der Waals surface area contributed by atoms with Crippen LogP contribution in [-0.4, -0.2) is 33.8 Å². The smallest absolute Gasteiger partial charge is 0.275 e. The van der Waals surface area contributed by atoms with Crippen LogP contribution in [0.4, 0.5) is 4.39 Å². The third-order valence-corrected chi connectivity index (χ3v) is 5.50. The van der Waals surface area contributed by atoms with E-state index < -0.39 is 0 Å². The number of likely N-dealkylation sites (tertiary alicyclic amines) is 1. The van der Waals surface area contributed by atoms with E-state index in [-0.39, 0.29) is 11.7 Å². The lowest BCUT2D eigenvalue weighted by Crippen LogP contribution is -2.28. The average Bonchev–Trinajstić information content (AvgIpc) is 3.43. The van der Waals surface area contributed by atoms with Gasteiger partial charge in [0.2, 0.25) is 5.89 Å². The molecule has 1 aliphatic rings. The van der Waals surface area contributed by atoms with Crippen LogP contribution >= 0.6 is 0 Å². The molecule has 1 aromatic heterocycles. The van der Waals surface area contributed by atoms with Gasteiger partial charge in [-0.3, -0.25) is 9.69 Å². The summed E-state index contributed by atoms with van der Waals surface area (Å²) in [7, 11) is 0. The number of oxazole rings is 1. The van der Waals surface area contributed by atoms with E-state index in [0.29, 0.717) is 31.2 Å². The highest BCUT2D eigenvalue weighted by Crippen LogP contribution is 2.18. The van der Waals surface area contributed by atoms with Crippen molar-refractivity contribution in [1.29, 1.82) is 0 Å². The first-order chi connectivity index (χ1) is 14.6. The third kappa shape index (κ3) is 4.94. The van der Waals surface area contributed by atoms with E-state index in [1.165, 1.54) is 29.5 Å². The number of aryl methyl sites for hydroxylation is 1. The molecule has 1 saturated heterocycles. The maximum absolute atomic E-state index is 13.3. The Morgan fingerprint density at radius 3 is 2.53 bits per heavy atom. The molecule has 0 saturated carbocycles. The van der Waals surface area contributed by atoms with Crippen LogP contribution in [0.15, 0.2) is 59.2 Å². The molecular weight excluding hydrogens is 381 g/mol. The number of hydrogen-bond donors (Lipinski definition) is 0. The fourth-order valence-electron chi connectivity index (χ4n) is 3.80. The van der Waals surface area contributed by atoms with Crippen molar-refractivity contribution in [2.75, 3.05) is 13.1 Å². The summed E-state index contributed by atoms with van der Waals surface area (Å²) >= 11 is 0. The van der Waals surface area contributed by atoms with Crippen molar-refractivity contribution in [2.45, 2.75) is 39.4 Å². The Balaban J connectivity index is 1.51. The molecule has 2 aromatic carbocycles. The Hall–Kier alpha value is -2.99. The predicted molar refractivity (Wildman–Crippen MR) is 112 cm³/mol. The molecule has 156 valence electrons. The van der Waals surface area contributed by atoms with Crippen LogP contribution in [-0.2, 0) is 19.6 Å². The Kier molecular flexibility index (Phi) is 6.23. The minimum absolute atomic E-state index is 0.0634. The lowest BCUT2D eigenvalue weighted by atomic mass is 10.1. The molecule has 1 aliphatic heterocycles. The summed E-state index contributed by atoms with van der Waals surface area (Å²) in [6.07, 6.45) is 3.54. The summed E-state index contributed by atoms with van der Waals surface area (Å²) in [4.78, 5) is 21.0. The molecule has 0 atom stereocenters. The van der Waals surface area contributed by atoms with E-state index in [9.17, 15) is 9.18 Å². The van der Waals surface area contributed by atoms with Gasteiger partial charge in [-0.25, -0.2) is 9.37 Å². The van der Waals surface area contributed by atoms with Gasteiger partial charge in [0.15, 0.2) is 5.69 Å². The van der Waals surface area contributed by atoms with E-state index in [4.69, 9.17) is 4.42 Å². The zero-order valence-corrected chi connectivity index (χ0v) is 17.2. The first-order valence-corrected chi connectivity index (χ1v) is 10.3. The molecule has 5 nitrogen and oxygen atoms in total. The van der Waals surface area contributed by atoms with Gasteiger partial charge < -0.3 is 9.32 Å². The highest BCUT2D eigenvalue weighted by Gasteiger charge is 2.23. The zero-order chi connectivity index (χ0) is 20.9. The topological polar surface area (TPSA) is 49.6 Å². The maximum atomic E-state index is 13.3. The average molecular weight is 407 g/mol. The van der Waals surface area contributed by atoms with Crippen LogP contribution < -0.4 is 0 Å². The van der Waals surface area contributed by atoms with Crippen molar-refractivity contribution in [3.63, 3.8) is 0 Å². The lowest BCUT2D eigenvalue weighted by molar-refractivity contribution is 0.0787. The van der Waals surface area contributed by atoms with Crippen LogP contribution in [0.2, 0.25) is 0 Å². The molecule has 0 N–H and O–H groups in total. The van der Waals surface area contributed by atoms with Gasteiger partial charge in [-0.05, 0) is 48.6 Å². The van der Waals surface area contributed by atoms with E-state index >= 15 is 0 Å². The molecule has 0 aliphatic carbocycles. The van der Waals surface area contributed by atoms with Gasteiger partial charge in [0.05, 0.1) is 6.54 Å². The van der Waals surface area contributed by atoms with Crippen LogP contribution in [0.1, 0.15) is 45.9 Å². The number of carbonyl (C=O) groups is 1. The Morgan fingerprint density at radius 2 is 1.80 bits per heavy atom. The quantitative estimate of drug-likeness (QED) is 0.576. The van der Waals surface area contributed by atoms with Gasteiger partial charge in [0.25, 0.3) is 5.91 Å². The number of nitrogens with zero attached hydrogens (tertiary/aromatic N) is 3. The Bertz CT molecular complexity index is 994. The molecule has 6 heteroatoms. The van der Waals surface area contributed by atoms with Crippen molar-refractivity contribution in [2.24, 2.45) is 0 Å². The number of hydrogen-bond acceptors (Lipinski definition) is 4. The first-order valence-electron chi connectivity index (χ1n) is 10.3. The van der Waals surface area contributed by atoms with E-state index in [1.807, 2.05) is 17.0 Å². The van der Waals surface area contributed by atoms with Gasteiger partial charge >= 0.3 is 0 Å². The van der Waals surface area contributed by atoms with Crippen molar-refractivity contribution in [3.05, 3.63) is 88.9 Å². The highest BCUT2D eigenvalue weighted by molar-refractivity contribution is 5.92. The second kappa shape index (κ2) is 9.22. The van der Waals surface area contributed by atoms with Gasteiger partial charge in [-0.1, -0.05) is 36.4 Å². The monoisotopic (exact) mass is 407 g/mol. The number of rotatable bonds is 7. The fraction of sp³-hybridized carbons (Fsp3) is 0.333. The predicted octanol–water partition coefficient (Wildman–Crippen LogP) is 4.56. The molecule has 0 bridgehead atoms. The standard InChI is InChI=1S/C24H26FN3O2/c1-18-6-2-3-7-20(18)15-27(14-19-8-10-21(25)11-9-19)16-23-26-22(17-30-23)24(29)28-12-4-5-13-28/h2-3,6-11,17H,4-5,12-16H2,1H3. The molecule has 4 rings (SSSR count). The van der Waals surface area contributed by atoms with Crippen molar-refractivity contribution in [1.82, 2.24) is 14.8 Å². The number of halogens is 1. The summed E-state index contributed by atoms with van der Waals surface area (Å²) in [6.45, 7) is 5.42. The first kappa shape index (κ1) is 20.3. The van der Waals surface area contributed by atoms with Crippen LogP contribution in [0.3, 0.4) is 0 Å². The van der Waals surface area contributed by atoms with Crippen LogP contribution in [0.25, 0.3) is 0 Å². The summed E-state index contributed by atoms with van der Waals surface area (Å²) in [5, 5.41) is 0. The molecule has 3 aromatic rings. The number of carbonyl (C=O) groups excluding carboxylic acids is 1. The minimum atomic E-state index is -0.248. The summed E-state index contributed by atoms with van der Waals surface area (Å²) < 4.78 is 18.9. The summed E-state index contributed by atoms with van der Waals surface area (Å²) in [5.41, 5.74) is 3.79. The molecule has 1 fully saturated rings. The molecule has 2 heterocycles. The second-order valence-corrected chi connectivity index (χ2v) is 7.82. The molecule has 30 heavy (non-hydrogen) atoms. The van der Waals surface area contributed by atoms with E-state index in [2.05, 4.69) is 28.9 Å². The van der Waals surface area contributed by atoms with Crippen molar-refractivity contribution in [3.8, 4) is 0 Å². The molecular formula is C24H26FN3O2. The number of amides is 1. The SMILES string of the molecule is Cc1ccccc1CN(Cc1ccc(F)cc1)Cc1nc(C(=O)N2CCCC2)co1. The normalized spacial score (nSPS) is 13.9. The molecule has 1 amide bonds. The van der Waals surface area contributed by atoms with Gasteiger partial charge in [-0.15, -0.1) is 0 Å². The second-order valence-electron chi connectivity index (χ2n) is 7.82. The molecule has 0 unspecified atom stereocenters. The summed E-state index contributed by atoms with van der Waals surface area (Å²) in [6, 6.07) is 14.8. The highest BCUT2D eigenvalue weighted by atomic mass is 19.1. The summed E-state index contributed by atoms with van der Waals surface area (Å²) in [5.74, 6) is 0.196. The third-order valence-electron chi connectivity index (χ3n) is 5.50. The minimum Gasteiger partial charge on any atom is -0.447 e. The van der Waals surface area contributed by atoms with Gasteiger partial charge in [-0.2, -0.15) is 0 Å². The maximum Gasteiger partial charge on any atom is 0.275 e. The fourth-order valence-corrected chi connectivity index (χ4v) is 3.80. The van der Waals surface area contributed by atoms with Gasteiger partial charge in [0.1, 0.15) is 12.1 Å². The molecule has 0 spiro atoms. The largest absolute Gasteiger partial charge is 0.447 e. The Morgan fingerprint density at radius 1 is 1.07 bits per heavy atom. The van der Waals surface area contributed by atoms with Crippen molar-refractivity contribution < 1.29 is 13.6 Å². The lowest BCUT2D eigenvalue weighted by Gasteiger charge is -2.22. The van der Waals surface area contributed by atoms with Crippen LogP contribution in [0.5, 0.6) is 0 Å². The van der Waals surface area contributed by atoms with E-state index in [1.54, 1.807) is 12.1 Å². The molecule has 0 radical (unpaired) electrons. The zero-order valence-electron chi connectivity index (χ0n) is 17.2. The van der Waals surface area contributed by atoms with E-state index in [0.717, 1.165) is 31.5 Å². The Labute approximate surface area is 176 Å². The number of benzene rings is 2. The van der Waals surface area contributed by atoms with Gasteiger partial charge in [0, 0.05) is 26.2 Å². The van der Waals surface area contributed by atoms with Crippen LogP contribution in [0, 0.1) is 12.7 Å². The number of aromatic nitrogens is 1.